The minimum Gasteiger partial charge on any atom is -0.337 e. The van der Waals surface area contributed by atoms with Gasteiger partial charge in [-0.2, -0.15) is 26.3 Å². The molecule has 0 aliphatic carbocycles. The molecular weight excluding hydrogens is 517 g/mol. The second-order valence-corrected chi connectivity index (χ2v) is 11.8. The highest BCUT2D eigenvalue weighted by atomic mass is 32.2. The quantitative estimate of drug-likeness (QED) is 0.469. The van der Waals surface area contributed by atoms with Gasteiger partial charge in [-0.25, -0.2) is 12.8 Å². The van der Waals surface area contributed by atoms with E-state index in [1.54, 1.807) is 0 Å². The third-order valence-corrected chi connectivity index (χ3v) is 9.15. The van der Waals surface area contributed by atoms with E-state index >= 15 is 0 Å². The lowest BCUT2D eigenvalue weighted by Gasteiger charge is -2.40. The van der Waals surface area contributed by atoms with Crippen molar-refractivity contribution in [1.29, 1.82) is 0 Å². The van der Waals surface area contributed by atoms with E-state index in [0.717, 1.165) is 6.07 Å². The maximum absolute atomic E-state index is 13.9. The maximum Gasteiger partial charge on any atom is 0.417 e. The number of piperidine rings is 1. The molecule has 1 aliphatic heterocycles. The highest BCUT2D eigenvalue weighted by Crippen LogP contribution is 2.40. The first-order valence-electron chi connectivity index (χ1n) is 10.8. The van der Waals surface area contributed by atoms with Gasteiger partial charge in [0.2, 0.25) is 0 Å². The van der Waals surface area contributed by atoms with Crippen molar-refractivity contribution in [1.82, 2.24) is 9.88 Å². The fourth-order valence-corrected chi connectivity index (χ4v) is 6.12. The molecule has 0 bridgehead atoms. The van der Waals surface area contributed by atoms with E-state index in [0.29, 0.717) is 18.3 Å². The summed E-state index contributed by atoms with van der Waals surface area (Å²) >= 11 is 0. The first kappa shape index (κ1) is 27.9. The van der Waals surface area contributed by atoms with Crippen molar-refractivity contribution in [3.63, 3.8) is 0 Å². The van der Waals surface area contributed by atoms with Gasteiger partial charge in [-0.05, 0) is 69.4 Å². The van der Waals surface area contributed by atoms with Gasteiger partial charge in [0, 0.05) is 19.3 Å². The van der Waals surface area contributed by atoms with Gasteiger partial charge < -0.3 is 4.90 Å². The molecule has 1 fully saturated rings. The average Bonchev–Trinajstić information content (AvgIpc) is 2.77. The van der Waals surface area contributed by atoms with Gasteiger partial charge in [0.15, 0.2) is 9.84 Å². The van der Waals surface area contributed by atoms with E-state index in [-0.39, 0.29) is 43.3 Å². The number of nitrogens with zero attached hydrogens (tertiary/aromatic N) is 2. The molecule has 13 heteroatoms. The van der Waals surface area contributed by atoms with Crippen LogP contribution in [-0.4, -0.2) is 42.0 Å². The fraction of sp³-hybridized carbons (Fsp3) is 0.478. The number of aromatic nitrogens is 1. The third-order valence-electron chi connectivity index (χ3n) is 6.58. The number of hydrogen-bond donors (Lipinski definition) is 0. The Labute approximate surface area is 203 Å². The number of aryl methyl sites for hydroxylation is 1. The minimum atomic E-state index is -4.94. The van der Waals surface area contributed by atoms with Crippen molar-refractivity contribution in [2.24, 2.45) is 5.92 Å². The summed E-state index contributed by atoms with van der Waals surface area (Å²) in [5.74, 6) is -2.54. The summed E-state index contributed by atoms with van der Waals surface area (Å²) in [6, 6.07) is 1.98. The van der Waals surface area contributed by atoms with Gasteiger partial charge in [-0.3, -0.25) is 9.78 Å². The van der Waals surface area contributed by atoms with Crippen LogP contribution in [-0.2, 0) is 22.2 Å². The minimum absolute atomic E-state index is 0.0337. The van der Waals surface area contributed by atoms with Crippen LogP contribution in [0.2, 0.25) is 0 Å². The third kappa shape index (κ3) is 5.35. The smallest absolute Gasteiger partial charge is 0.337 e. The van der Waals surface area contributed by atoms with Crippen molar-refractivity contribution >= 4 is 15.7 Å². The van der Waals surface area contributed by atoms with E-state index in [1.807, 2.05) is 0 Å². The van der Waals surface area contributed by atoms with E-state index < -0.39 is 60.6 Å². The van der Waals surface area contributed by atoms with Crippen LogP contribution >= 0.6 is 0 Å². The standard InChI is InChI=1S/C23H23F7N2O3S/c1-13-8-16(23(28,29)30)12-31-19(13)20(33)32-6-4-14(5-7-32)21(2,3)36(34,35)18-10-15(22(25,26)27)9-17(24)11-18/h8-12,14H,4-7H2,1-3H3. The normalized spacial score (nSPS) is 16.3. The van der Waals surface area contributed by atoms with Crippen LogP contribution in [0.3, 0.4) is 0 Å². The molecule has 0 spiro atoms. The van der Waals surface area contributed by atoms with E-state index in [4.69, 9.17) is 0 Å². The SMILES string of the molecule is Cc1cc(C(F)(F)F)cnc1C(=O)N1CCC(C(C)(C)S(=O)(=O)c2cc(F)cc(C(F)(F)F)c2)CC1. The molecule has 36 heavy (non-hydrogen) atoms. The lowest BCUT2D eigenvalue weighted by molar-refractivity contribution is -0.138. The number of carbonyl (C=O) groups is 1. The Kier molecular flexibility index (Phi) is 7.21. The second-order valence-electron chi connectivity index (χ2n) is 9.23. The Morgan fingerprint density at radius 1 is 0.944 bits per heavy atom. The number of pyridine rings is 1. The van der Waals surface area contributed by atoms with Crippen LogP contribution in [0.15, 0.2) is 35.4 Å². The Morgan fingerprint density at radius 2 is 1.50 bits per heavy atom. The van der Waals surface area contributed by atoms with Crippen LogP contribution in [0.4, 0.5) is 30.7 Å². The van der Waals surface area contributed by atoms with E-state index in [1.165, 1.54) is 25.7 Å². The Morgan fingerprint density at radius 3 is 2.00 bits per heavy atom. The van der Waals surface area contributed by atoms with Gasteiger partial charge >= 0.3 is 12.4 Å². The van der Waals surface area contributed by atoms with E-state index in [9.17, 15) is 43.9 Å². The largest absolute Gasteiger partial charge is 0.417 e. The highest BCUT2D eigenvalue weighted by molar-refractivity contribution is 7.92. The molecule has 3 rings (SSSR count). The van der Waals surface area contributed by atoms with Gasteiger partial charge in [-0.15, -0.1) is 0 Å². The second kappa shape index (κ2) is 9.31. The van der Waals surface area contributed by atoms with Crippen molar-refractivity contribution in [2.75, 3.05) is 13.1 Å². The van der Waals surface area contributed by atoms with Crippen LogP contribution < -0.4 is 0 Å². The first-order chi connectivity index (χ1) is 16.4. The zero-order chi connectivity index (χ0) is 27.3. The summed E-state index contributed by atoms with van der Waals surface area (Å²) in [4.78, 5) is 17.1. The predicted octanol–water partition coefficient (Wildman–Crippen LogP) is 5.67. The highest BCUT2D eigenvalue weighted by Gasteiger charge is 2.45. The topological polar surface area (TPSA) is 67.3 Å². The van der Waals surface area contributed by atoms with Gasteiger partial charge in [0.05, 0.1) is 20.8 Å². The van der Waals surface area contributed by atoms with Crippen LogP contribution in [0.1, 0.15) is 53.9 Å². The summed E-state index contributed by atoms with van der Waals surface area (Å²) in [6.45, 7) is 4.11. The van der Waals surface area contributed by atoms with Gasteiger partial charge in [0.25, 0.3) is 5.91 Å². The number of carbonyl (C=O) groups excluding carboxylic acids is 1. The van der Waals surface area contributed by atoms with Crippen molar-refractivity contribution in [3.8, 4) is 0 Å². The van der Waals surface area contributed by atoms with E-state index in [2.05, 4.69) is 4.98 Å². The molecule has 1 saturated heterocycles. The molecule has 1 amide bonds. The predicted molar refractivity (Wildman–Crippen MR) is 115 cm³/mol. The molecule has 1 aliphatic rings. The lowest BCUT2D eigenvalue weighted by Crippen LogP contribution is -2.48. The number of likely N-dealkylation sites (tertiary alicyclic amines) is 1. The monoisotopic (exact) mass is 540 g/mol. The Bertz CT molecular complexity index is 1260. The van der Waals surface area contributed by atoms with Crippen LogP contribution in [0.5, 0.6) is 0 Å². The number of benzene rings is 1. The van der Waals surface area contributed by atoms with Crippen LogP contribution in [0.25, 0.3) is 0 Å². The first-order valence-corrected chi connectivity index (χ1v) is 12.3. The number of rotatable bonds is 4. The molecule has 198 valence electrons. The molecule has 0 N–H and O–H groups in total. The molecule has 1 aromatic heterocycles. The summed E-state index contributed by atoms with van der Waals surface area (Å²) in [7, 11) is -4.42. The number of hydrogen-bond acceptors (Lipinski definition) is 4. The van der Waals surface area contributed by atoms with Crippen molar-refractivity contribution in [3.05, 3.63) is 58.7 Å². The summed E-state index contributed by atoms with van der Waals surface area (Å²) in [5, 5.41) is 0. The molecule has 0 radical (unpaired) electrons. The maximum atomic E-state index is 13.9. The van der Waals surface area contributed by atoms with Gasteiger partial charge in [0.1, 0.15) is 11.5 Å². The molecule has 0 saturated carbocycles. The fourth-order valence-electron chi connectivity index (χ4n) is 4.29. The van der Waals surface area contributed by atoms with Crippen molar-refractivity contribution in [2.45, 2.75) is 55.6 Å². The zero-order valence-corrected chi connectivity index (χ0v) is 20.3. The zero-order valence-electron chi connectivity index (χ0n) is 19.5. The number of alkyl halides is 6. The molecular formula is C23H23F7N2O3S. The van der Waals surface area contributed by atoms with Crippen molar-refractivity contribution < 1.29 is 43.9 Å². The van der Waals surface area contributed by atoms with Gasteiger partial charge in [-0.1, -0.05) is 0 Å². The Hall–Kier alpha value is -2.70. The average molecular weight is 541 g/mol. The summed E-state index contributed by atoms with van der Waals surface area (Å²) < 4.78 is 117. The lowest BCUT2D eigenvalue weighted by atomic mass is 9.85. The molecule has 5 nitrogen and oxygen atoms in total. The number of amides is 1. The molecule has 2 heterocycles. The number of sulfone groups is 1. The summed E-state index contributed by atoms with van der Waals surface area (Å²) in [5.41, 5.74) is -2.54. The molecule has 1 aromatic carbocycles. The summed E-state index contributed by atoms with van der Waals surface area (Å²) in [6.07, 6.45) is -8.68. The number of halogens is 7. The Balaban J connectivity index is 1.79. The van der Waals surface area contributed by atoms with Crippen LogP contribution in [0, 0.1) is 18.7 Å². The molecule has 0 unspecified atom stereocenters. The molecule has 0 atom stereocenters. The molecule has 2 aromatic rings.